The molecule has 1 unspecified atom stereocenters. The van der Waals surface area contributed by atoms with E-state index in [1.54, 1.807) is 0 Å². The third-order valence-corrected chi connectivity index (χ3v) is 24.5. The van der Waals surface area contributed by atoms with Crippen molar-refractivity contribution >= 4 is 47.5 Å². The van der Waals surface area contributed by atoms with E-state index in [-0.39, 0.29) is 57.8 Å². The van der Waals surface area contributed by atoms with Gasteiger partial charge in [0.15, 0.2) is 25.0 Å². The van der Waals surface area contributed by atoms with Gasteiger partial charge in [0, 0.05) is 0 Å². The Morgan fingerprint density at radius 3 is 1.68 bits per heavy atom. The van der Waals surface area contributed by atoms with Crippen molar-refractivity contribution < 1.29 is 22.8 Å². The molecule has 2 fully saturated rings. The lowest BCUT2D eigenvalue weighted by atomic mass is 9.87. The van der Waals surface area contributed by atoms with Crippen LogP contribution in [0.15, 0.2) is 10.2 Å². The van der Waals surface area contributed by atoms with Gasteiger partial charge in [-0.25, -0.2) is 0 Å². The van der Waals surface area contributed by atoms with Crippen LogP contribution in [-0.4, -0.2) is 67.7 Å². The zero-order valence-corrected chi connectivity index (χ0v) is 34.6. The third-order valence-electron chi connectivity index (χ3n) is 10.7. The van der Waals surface area contributed by atoms with Crippen molar-refractivity contribution in [3.63, 3.8) is 0 Å². The highest BCUT2D eigenvalue weighted by atomic mass is 127. The predicted molar refractivity (Wildman–Crippen MR) is 191 cm³/mol. The lowest BCUT2D eigenvalue weighted by Crippen LogP contribution is -2.69. The van der Waals surface area contributed by atoms with Crippen LogP contribution in [-0.2, 0) is 22.8 Å². The molecule has 2 aliphatic rings. The molecule has 2 heterocycles. The van der Waals surface area contributed by atoms with Crippen LogP contribution >= 0.6 is 22.6 Å². The van der Waals surface area contributed by atoms with Gasteiger partial charge in [-0.3, -0.25) is 0 Å². The van der Waals surface area contributed by atoms with E-state index in [9.17, 15) is 0 Å². The summed E-state index contributed by atoms with van der Waals surface area (Å²) in [5.74, 6) is 0. The molecule has 0 spiro atoms. The van der Waals surface area contributed by atoms with Crippen molar-refractivity contribution in [3.05, 3.63) is 10.2 Å². The number of hydrogen-bond acceptors (Lipinski definition) is 5. The third kappa shape index (κ3) is 9.24. The van der Waals surface area contributed by atoms with Gasteiger partial charge in [0.2, 0.25) is 0 Å². The molecule has 2 saturated heterocycles. The SMILES string of the molecule is CCC[C@H]1CC[C@@H]2OC([C@H](/C=C/I)O[Si](C)(C)C(C)(C)C)[C@@H](O[Si](C)(C)C(C)(C)C)[C@@H](O[Si](C)(C)C(C)(C)C)[C@H]2O1. The molecule has 0 bridgehead atoms. The van der Waals surface area contributed by atoms with Gasteiger partial charge in [-0.15, -0.1) is 0 Å². The minimum atomic E-state index is -2.22. The molecule has 0 aliphatic carbocycles. The molecule has 2 rings (SSSR count). The fourth-order valence-corrected chi connectivity index (χ4v) is 9.15. The van der Waals surface area contributed by atoms with Gasteiger partial charge in [0.1, 0.15) is 24.4 Å². The maximum atomic E-state index is 7.43. The predicted octanol–water partition coefficient (Wildman–Crippen LogP) is 10.2. The normalized spacial score (nSPS) is 30.0. The van der Waals surface area contributed by atoms with Gasteiger partial charge >= 0.3 is 0 Å². The van der Waals surface area contributed by atoms with E-state index in [4.69, 9.17) is 22.8 Å². The van der Waals surface area contributed by atoms with Crippen LogP contribution < -0.4 is 0 Å². The molecule has 0 amide bonds. The van der Waals surface area contributed by atoms with E-state index in [1.165, 1.54) is 0 Å². The van der Waals surface area contributed by atoms with Crippen LogP contribution in [0.5, 0.6) is 0 Å². The molecule has 2 aliphatic heterocycles. The van der Waals surface area contributed by atoms with E-state index in [2.05, 4.69) is 141 Å². The van der Waals surface area contributed by atoms with E-state index < -0.39 is 25.0 Å². The van der Waals surface area contributed by atoms with Crippen molar-refractivity contribution in [2.45, 2.75) is 192 Å². The Balaban J connectivity index is 2.72. The fraction of sp³-hybridized carbons (Fsp3) is 0.938. The minimum absolute atomic E-state index is 0.0322. The molecule has 9 heteroatoms. The summed E-state index contributed by atoms with van der Waals surface area (Å²) in [7, 11) is -6.52. The highest BCUT2D eigenvalue weighted by Gasteiger charge is 2.57. The Morgan fingerprint density at radius 2 is 1.24 bits per heavy atom. The molecule has 5 nitrogen and oxygen atoms in total. The average molecular weight is 741 g/mol. The van der Waals surface area contributed by atoms with Crippen LogP contribution in [0.3, 0.4) is 0 Å². The quantitative estimate of drug-likeness (QED) is 0.165. The van der Waals surface area contributed by atoms with E-state index in [0.29, 0.717) is 0 Å². The van der Waals surface area contributed by atoms with E-state index in [0.717, 1.165) is 25.7 Å². The average Bonchev–Trinajstić information content (AvgIpc) is 2.78. The number of halogens is 1. The molecule has 0 N–H and O–H groups in total. The van der Waals surface area contributed by atoms with Crippen molar-refractivity contribution in [3.8, 4) is 0 Å². The van der Waals surface area contributed by atoms with Crippen molar-refractivity contribution in [2.24, 2.45) is 0 Å². The van der Waals surface area contributed by atoms with Gasteiger partial charge < -0.3 is 22.8 Å². The van der Waals surface area contributed by atoms with Crippen molar-refractivity contribution in [1.29, 1.82) is 0 Å². The molecule has 0 aromatic carbocycles. The second-order valence-electron chi connectivity index (χ2n) is 17.1. The molecule has 0 radical (unpaired) electrons. The summed E-state index contributed by atoms with van der Waals surface area (Å²) in [4.78, 5) is 0. The summed E-state index contributed by atoms with van der Waals surface area (Å²) in [5.41, 5.74) is 0. The lowest BCUT2D eigenvalue weighted by molar-refractivity contribution is -0.267. The molecule has 41 heavy (non-hydrogen) atoms. The van der Waals surface area contributed by atoms with Gasteiger partial charge in [-0.2, -0.15) is 0 Å². The van der Waals surface area contributed by atoms with E-state index in [1.807, 2.05) is 0 Å². The molecule has 242 valence electrons. The Bertz CT molecular complexity index is 872. The largest absolute Gasteiger partial charge is 0.408 e. The van der Waals surface area contributed by atoms with Crippen LogP contribution in [0.1, 0.15) is 94.9 Å². The highest BCUT2D eigenvalue weighted by molar-refractivity contribution is 14.1. The van der Waals surface area contributed by atoms with Crippen LogP contribution in [0.25, 0.3) is 0 Å². The van der Waals surface area contributed by atoms with Gasteiger partial charge in [-0.1, -0.05) is 98.2 Å². The minimum Gasteiger partial charge on any atom is -0.408 e. The Labute approximate surface area is 271 Å². The Hall–Kier alpha value is 0.921. The topological polar surface area (TPSA) is 46.2 Å². The summed E-state index contributed by atoms with van der Waals surface area (Å²) in [5, 5.41) is 0.188. The number of hydrogen-bond donors (Lipinski definition) is 0. The van der Waals surface area contributed by atoms with E-state index >= 15 is 0 Å². The van der Waals surface area contributed by atoms with Gasteiger partial charge in [0.25, 0.3) is 0 Å². The maximum Gasteiger partial charge on any atom is 0.193 e. The number of ether oxygens (including phenoxy) is 2. The standard InChI is InChI=1S/C32H65IO5Si3/c1-17-18-23-19-20-24-26(34-23)28(37-40(13,14)31(5,6)7)29(38-41(15,16)32(8,9)10)27(35-24)25(21-22-33)36-39(11,12)30(2,3)4/h21-29H,17-20H2,1-16H3/b22-21+/t23-,24-,25-,26-,27?,28-,29+/m0/s1. The first kappa shape index (κ1) is 38.1. The van der Waals surface area contributed by atoms with Crippen molar-refractivity contribution in [2.75, 3.05) is 0 Å². The zero-order valence-electron chi connectivity index (χ0n) is 29.4. The summed E-state index contributed by atoms with van der Waals surface area (Å²) in [6.07, 6.45) is 5.48. The smallest absolute Gasteiger partial charge is 0.193 e. The van der Waals surface area contributed by atoms with Gasteiger partial charge in [-0.05, 0) is 83.8 Å². The van der Waals surface area contributed by atoms with Crippen LogP contribution in [0.2, 0.25) is 54.4 Å². The zero-order chi connectivity index (χ0) is 31.8. The summed E-state index contributed by atoms with van der Waals surface area (Å²) >= 11 is 2.32. The molecule has 0 aromatic heterocycles. The second kappa shape index (κ2) is 13.7. The monoisotopic (exact) mass is 740 g/mol. The lowest BCUT2D eigenvalue weighted by Gasteiger charge is -2.56. The van der Waals surface area contributed by atoms with Crippen LogP contribution in [0, 0.1) is 0 Å². The first-order valence-electron chi connectivity index (χ1n) is 16.0. The van der Waals surface area contributed by atoms with Crippen LogP contribution in [0.4, 0.5) is 0 Å². The fourth-order valence-electron chi connectivity index (χ4n) is 4.89. The summed E-state index contributed by atoms with van der Waals surface area (Å²) in [6, 6.07) is 0. The maximum absolute atomic E-state index is 7.43. The van der Waals surface area contributed by atoms with Crippen molar-refractivity contribution in [1.82, 2.24) is 0 Å². The first-order chi connectivity index (χ1) is 18.4. The molecule has 0 aromatic rings. The summed E-state index contributed by atoms with van der Waals surface area (Å²) < 4.78 is 38.2. The second-order valence-corrected chi connectivity index (χ2v) is 32.1. The molecule has 7 atom stereocenters. The highest BCUT2D eigenvalue weighted by Crippen LogP contribution is 2.47. The first-order valence-corrected chi connectivity index (χ1v) is 26.0. The summed E-state index contributed by atoms with van der Waals surface area (Å²) in [6.45, 7) is 37.1. The Morgan fingerprint density at radius 1 is 0.756 bits per heavy atom. The van der Waals surface area contributed by atoms with Gasteiger partial charge in [0.05, 0.1) is 18.3 Å². The molecule has 0 saturated carbocycles. The number of rotatable bonds is 10. The number of fused-ring (bicyclic) bond motifs is 1. The Kier molecular flexibility index (Phi) is 12.8. The molecular formula is C32H65IO5Si3. The molecular weight excluding hydrogens is 676 g/mol.